The Morgan fingerprint density at radius 3 is 2.00 bits per heavy atom. The van der Waals surface area contributed by atoms with E-state index in [2.05, 4.69) is 11.4 Å². The van der Waals surface area contributed by atoms with Crippen LogP contribution in [0.4, 0.5) is 0 Å². The molecule has 0 amide bonds. The Morgan fingerprint density at radius 1 is 0.750 bits per heavy atom. The van der Waals surface area contributed by atoms with Gasteiger partial charge in [0.2, 0.25) is 0 Å². The summed E-state index contributed by atoms with van der Waals surface area (Å²) in [7, 11) is 0. The monoisotopic (exact) mass is 275 g/mol. The first kappa shape index (κ1) is 14.6. The summed E-state index contributed by atoms with van der Waals surface area (Å²) in [4.78, 5) is 0. The fourth-order valence-electron chi connectivity index (χ4n) is 4.14. The molecule has 0 unspecified atom stereocenters. The first-order chi connectivity index (χ1) is 9.92. The van der Waals surface area contributed by atoms with E-state index in [4.69, 9.17) is 0 Å². The lowest BCUT2D eigenvalue weighted by Gasteiger charge is -2.26. The molecule has 0 aliphatic heterocycles. The Balaban J connectivity index is 1.61. The second-order valence-electron chi connectivity index (χ2n) is 7.48. The summed E-state index contributed by atoms with van der Waals surface area (Å²) < 4.78 is 0. The van der Waals surface area contributed by atoms with Crippen molar-refractivity contribution in [3.63, 3.8) is 0 Å². The maximum atomic E-state index is 3.79. The molecule has 3 fully saturated rings. The third-order valence-corrected chi connectivity index (χ3v) is 5.65. The molecule has 0 radical (unpaired) electrons. The second-order valence-corrected chi connectivity index (χ2v) is 7.48. The molecular formula is C19H33N. The van der Waals surface area contributed by atoms with E-state index < -0.39 is 0 Å². The average molecular weight is 275 g/mol. The first-order valence-corrected chi connectivity index (χ1v) is 9.36. The summed E-state index contributed by atoms with van der Waals surface area (Å²) in [5.41, 5.74) is 1.79. The SMILES string of the molecule is C(=C(CNC1CC1)C1CCCCC1)C1CCCCCC1. The molecule has 0 spiro atoms. The van der Waals surface area contributed by atoms with E-state index in [1.54, 1.807) is 5.57 Å². The van der Waals surface area contributed by atoms with E-state index in [1.165, 1.54) is 90.0 Å². The summed E-state index contributed by atoms with van der Waals surface area (Å²) in [5, 5.41) is 3.79. The molecule has 0 aromatic heterocycles. The minimum atomic E-state index is 0.858. The molecule has 3 aliphatic carbocycles. The lowest BCUT2D eigenvalue weighted by atomic mass is 9.81. The Labute approximate surface area is 125 Å². The van der Waals surface area contributed by atoms with Crippen LogP contribution in [-0.4, -0.2) is 12.6 Å². The van der Waals surface area contributed by atoms with E-state index in [9.17, 15) is 0 Å². The Hall–Kier alpha value is -0.300. The van der Waals surface area contributed by atoms with Gasteiger partial charge in [-0.3, -0.25) is 0 Å². The van der Waals surface area contributed by atoms with Crippen molar-refractivity contribution in [3.05, 3.63) is 11.6 Å². The molecule has 1 heteroatoms. The normalized spacial score (nSPS) is 27.5. The van der Waals surface area contributed by atoms with Gasteiger partial charge in [-0.05, 0) is 50.4 Å². The zero-order valence-electron chi connectivity index (χ0n) is 13.2. The van der Waals surface area contributed by atoms with Gasteiger partial charge in [0.1, 0.15) is 0 Å². The summed E-state index contributed by atoms with van der Waals surface area (Å²) in [6.45, 7) is 1.20. The van der Waals surface area contributed by atoms with Crippen molar-refractivity contribution in [1.29, 1.82) is 0 Å². The summed E-state index contributed by atoms with van der Waals surface area (Å²) >= 11 is 0. The van der Waals surface area contributed by atoms with Crippen molar-refractivity contribution in [2.75, 3.05) is 6.54 Å². The van der Waals surface area contributed by atoms with Crippen LogP contribution in [0.25, 0.3) is 0 Å². The van der Waals surface area contributed by atoms with Crippen LogP contribution in [0.5, 0.6) is 0 Å². The predicted molar refractivity (Wildman–Crippen MR) is 86.9 cm³/mol. The van der Waals surface area contributed by atoms with Crippen molar-refractivity contribution in [1.82, 2.24) is 5.32 Å². The van der Waals surface area contributed by atoms with Crippen LogP contribution in [0.2, 0.25) is 0 Å². The predicted octanol–water partition coefficient (Wildman–Crippen LogP) is 5.22. The molecule has 114 valence electrons. The van der Waals surface area contributed by atoms with E-state index >= 15 is 0 Å². The molecule has 0 aromatic carbocycles. The van der Waals surface area contributed by atoms with Gasteiger partial charge in [0.05, 0.1) is 0 Å². The Bertz CT molecular complexity index is 302. The zero-order valence-corrected chi connectivity index (χ0v) is 13.2. The average Bonchev–Trinajstić information content (AvgIpc) is 3.32. The van der Waals surface area contributed by atoms with Crippen LogP contribution in [0.15, 0.2) is 11.6 Å². The highest BCUT2D eigenvalue weighted by atomic mass is 14.9. The highest BCUT2D eigenvalue weighted by molar-refractivity contribution is 5.12. The minimum absolute atomic E-state index is 0.858. The number of rotatable bonds is 5. The maximum Gasteiger partial charge on any atom is 0.0170 e. The van der Waals surface area contributed by atoms with E-state index in [0.29, 0.717) is 0 Å². The minimum Gasteiger partial charge on any atom is -0.310 e. The van der Waals surface area contributed by atoms with Gasteiger partial charge >= 0.3 is 0 Å². The van der Waals surface area contributed by atoms with Gasteiger partial charge in [0.15, 0.2) is 0 Å². The van der Waals surface area contributed by atoms with Crippen molar-refractivity contribution in [2.24, 2.45) is 11.8 Å². The molecule has 1 nitrogen and oxygen atoms in total. The number of hydrogen-bond acceptors (Lipinski definition) is 1. The lowest BCUT2D eigenvalue weighted by Crippen LogP contribution is -2.24. The number of allylic oxidation sites excluding steroid dienone is 1. The molecule has 0 bridgehead atoms. The second kappa shape index (κ2) is 7.64. The van der Waals surface area contributed by atoms with Gasteiger partial charge in [-0.2, -0.15) is 0 Å². The number of hydrogen-bond donors (Lipinski definition) is 1. The highest BCUT2D eigenvalue weighted by Gasteiger charge is 2.24. The molecule has 0 saturated heterocycles. The van der Waals surface area contributed by atoms with Crippen LogP contribution >= 0.6 is 0 Å². The lowest BCUT2D eigenvalue weighted by molar-refractivity contribution is 0.390. The fourth-order valence-corrected chi connectivity index (χ4v) is 4.14. The van der Waals surface area contributed by atoms with E-state index in [0.717, 1.165) is 17.9 Å². The van der Waals surface area contributed by atoms with Crippen LogP contribution in [0, 0.1) is 11.8 Å². The topological polar surface area (TPSA) is 12.0 Å². The summed E-state index contributed by atoms with van der Waals surface area (Å²) in [5.74, 6) is 1.81. The highest BCUT2D eigenvalue weighted by Crippen LogP contribution is 2.33. The van der Waals surface area contributed by atoms with Crippen LogP contribution in [0.3, 0.4) is 0 Å². The van der Waals surface area contributed by atoms with Gasteiger partial charge in [0.25, 0.3) is 0 Å². The molecule has 0 atom stereocenters. The van der Waals surface area contributed by atoms with Gasteiger partial charge in [-0.1, -0.05) is 56.6 Å². The first-order valence-electron chi connectivity index (χ1n) is 9.36. The largest absolute Gasteiger partial charge is 0.310 e. The van der Waals surface area contributed by atoms with Crippen molar-refractivity contribution < 1.29 is 0 Å². The third-order valence-electron chi connectivity index (χ3n) is 5.65. The van der Waals surface area contributed by atoms with E-state index in [1.807, 2.05) is 0 Å². The van der Waals surface area contributed by atoms with Crippen LogP contribution < -0.4 is 5.32 Å². The van der Waals surface area contributed by atoms with Gasteiger partial charge in [-0.15, -0.1) is 0 Å². The van der Waals surface area contributed by atoms with Crippen molar-refractivity contribution in [2.45, 2.75) is 89.5 Å². The molecule has 3 saturated carbocycles. The number of nitrogens with one attached hydrogen (secondary N) is 1. The standard InChI is InChI=1S/C19H33N/c1-2-5-9-16(8-4-1)14-18(15-20-19-12-13-19)17-10-6-3-7-11-17/h14,16-17,19-20H,1-13,15H2. The smallest absolute Gasteiger partial charge is 0.0170 e. The van der Waals surface area contributed by atoms with Crippen molar-refractivity contribution >= 4 is 0 Å². The molecule has 0 aromatic rings. The Kier molecular flexibility index (Phi) is 5.59. The van der Waals surface area contributed by atoms with Gasteiger partial charge in [0, 0.05) is 12.6 Å². The summed E-state index contributed by atoms with van der Waals surface area (Å²) in [6.07, 6.45) is 21.7. The quantitative estimate of drug-likeness (QED) is 0.536. The van der Waals surface area contributed by atoms with Gasteiger partial charge < -0.3 is 5.32 Å². The third kappa shape index (κ3) is 4.62. The Morgan fingerprint density at radius 2 is 1.35 bits per heavy atom. The molecule has 3 aliphatic rings. The molecule has 20 heavy (non-hydrogen) atoms. The zero-order chi connectivity index (χ0) is 13.6. The molecule has 3 rings (SSSR count). The van der Waals surface area contributed by atoms with Gasteiger partial charge in [-0.25, -0.2) is 0 Å². The van der Waals surface area contributed by atoms with Crippen LogP contribution in [0.1, 0.15) is 83.5 Å². The molecule has 0 heterocycles. The fraction of sp³-hybridized carbons (Fsp3) is 0.895. The van der Waals surface area contributed by atoms with Crippen molar-refractivity contribution in [3.8, 4) is 0 Å². The molecular weight excluding hydrogens is 242 g/mol. The van der Waals surface area contributed by atoms with Crippen LogP contribution in [-0.2, 0) is 0 Å². The van der Waals surface area contributed by atoms with E-state index in [-0.39, 0.29) is 0 Å². The molecule has 1 N–H and O–H groups in total. The maximum absolute atomic E-state index is 3.79. The summed E-state index contributed by atoms with van der Waals surface area (Å²) in [6, 6.07) is 0.858.